The van der Waals surface area contributed by atoms with Gasteiger partial charge in [0, 0.05) is 18.4 Å². The summed E-state index contributed by atoms with van der Waals surface area (Å²) in [5.74, 6) is 0.137. The molecular weight excluding hydrogens is 341 g/mol. The fourth-order valence-corrected chi connectivity index (χ4v) is 2.33. The van der Waals surface area contributed by atoms with Crippen molar-refractivity contribution in [2.45, 2.75) is 44.8 Å². The maximum atomic E-state index is 13.0. The third-order valence-electron chi connectivity index (χ3n) is 3.74. The Kier molecular flexibility index (Phi) is 4.36. The van der Waals surface area contributed by atoms with Crippen LogP contribution in [0.4, 0.5) is 19.0 Å². The highest BCUT2D eigenvalue weighted by molar-refractivity contribution is 5.89. The predicted octanol–water partition coefficient (Wildman–Crippen LogP) is 2.46. The summed E-state index contributed by atoms with van der Waals surface area (Å²) in [6.45, 7) is 1.39. The van der Waals surface area contributed by atoms with Crippen LogP contribution < -0.4 is 10.9 Å². The van der Waals surface area contributed by atoms with E-state index < -0.39 is 23.2 Å². The minimum atomic E-state index is -4.76. The first-order valence-corrected chi connectivity index (χ1v) is 7.66. The molecule has 7 nitrogen and oxygen atoms in total. The quantitative estimate of drug-likeness (QED) is 0.889. The fourth-order valence-electron chi connectivity index (χ4n) is 2.33. The van der Waals surface area contributed by atoms with Crippen LogP contribution >= 0.6 is 0 Å². The van der Waals surface area contributed by atoms with E-state index in [2.05, 4.69) is 15.6 Å². The standard InChI is InChI=1S/C15H15F3N4O3/c1-8-6-12(21-25-8)19-13(23)4-5-22-14(24)10(15(16,17)18)7-11(20-22)9-2-3-9/h6-7,9H,2-5H2,1H3,(H,19,21,23). The molecule has 0 saturated heterocycles. The number of alkyl halides is 3. The average Bonchev–Trinajstić information content (AvgIpc) is 3.29. The van der Waals surface area contributed by atoms with Crippen molar-refractivity contribution in [3.63, 3.8) is 0 Å². The minimum absolute atomic E-state index is 0.0557. The molecule has 2 aromatic rings. The highest BCUT2D eigenvalue weighted by atomic mass is 19.4. The van der Waals surface area contributed by atoms with Crippen molar-refractivity contribution in [2.24, 2.45) is 0 Å². The Morgan fingerprint density at radius 3 is 2.68 bits per heavy atom. The molecule has 0 spiro atoms. The van der Waals surface area contributed by atoms with Gasteiger partial charge in [-0.05, 0) is 25.8 Å². The molecular formula is C15H15F3N4O3. The molecule has 0 radical (unpaired) electrons. The second kappa shape index (κ2) is 6.34. The smallest absolute Gasteiger partial charge is 0.360 e. The van der Waals surface area contributed by atoms with Crippen molar-refractivity contribution in [3.8, 4) is 0 Å². The summed E-state index contributed by atoms with van der Waals surface area (Å²) in [6, 6.07) is 2.31. The number of aromatic nitrogens is 3. The van der Waals surface area contributed by atoms with Gasteiger partial charge in [-0.3, -0.25) is 9.59 Å². The maximum absolute atomic E-state index is 13.0. The van der Waals surface area contributed by atoms with Crippen molar-refractivity contribution in [2.75, 3.05) is 5.32 Å². The predicted molar refractivity (Wildman–Crippen MR) is 80.0 cm³/mol. The SMILES string of the molecule is Cc1cc(NC(=O)CCn2nc(C3CC3)cc(C(F)(F)F)c2=O)no1. The Balaban J connectivity index is 1.76. The first-order chi connectivity index (χ1) is 11.7. The normalized spacial score (nSPS) is 14.6. The van der Waals surface area contributed by atoms with E-state index in [9.17, 15) is 22.8 Å². The molecule has 1 aliphatic carbocycles. The second-order valence-electron chi connectivity index (χ2n) is 5.90. The van der Waals surface area contributed by atoms with Gasteiger partial charge in [0.1, 0.15) is 11.3 Å². The summed E-state index contributed by atoms with van der Waals surface area (Å²) in [4.78, 5) is 23.9. The fraction of sp³-hybridized carbons (Fsp3) is 0.467. The molecule has 134 valence electrons. The van der Waals surface area contributed by atoms with E-state index in [1.54, 1.807) is 6.92 Å². The number of carbonyl (C=O) groups is 1. The molecule has 2 aromatic heterocycles. The van der Waals surface area contributed by atoms with Gasteiger partial charge < -0.3 is 9.84 Å². The van der Waals surface area contributed by atoms with E-state index in [0.29, 0.717) is 10.4 Å². The third-order valence-corrected chi connectivity index (χ3v) is 3.74. The van der Waals surface area contributed by atoms with E-state index >= 15 is 0 Å². The Hall–Kier alpha value is -2.65. The van der Waals surface area contributed by atoms with E-state index in [-0.39, 0.29) is 30.4 Å². The summed E-state index contributed by atoms with van der Waals surface area (Å²) in [6.07, 6.45) is -3.49. The lowest BCUT2D eigenvalue weighted by molar-refractivity contribution is -0.139. The molecule has 0 atom stereocenters. The highest BCUT2D eigenvalue weighted by Crippen LogP contribution is 2.40. The molecule has 10 heteroatoms. The molecule has 0 aromatic carbocycles. The zero-order chi connectivity index (χ0) is 18.2. The molecule has 1 amide bonds. The van der Waals surface area contributed by atoms with Crippen LogP contribution in [0, 0.1) is 6.92 Å². The highest BCUT2D eigenvalue weighted by Gasteiger charge is 2.37. The Labute approximate surface area is 139 Å². The van der Waals surface area contributed by atoms with Crippen LogP contribution in [-0.2, 0) is 17.5 Å². The van der Waals surface area contributed by atoms with Crippen LogP contribution in [0.2, 0.25) is 0 Å². The van der Waals surface area contributed by atoms with Crippen LogP contribution in [0.1, 0.15) is 42.2 Å². The Morgan fingerprint density at radius 1 is 1.40 bits per heavy atom. The van der Waals surface area contributed by atoms with Crippen molar-refractivity contribution in [3.05, 3.63) is 39.5 Å². The molecule has 0 unspecified atom stereocenters. The first-order valence-electron chi connectivity index (χ1n) is 7.66. The molecule has 1 fully saturated rings. The number of aryl methyl sites for hydroxylation is 2. The first kappa shape index (κ1) is 17.2. The number of nitrogens with zero attached hydrogens (tertiary/aromatic N) is 3. The van der Waals surface area contributed by atoms with Crippen molar-refractivity contribution >= 4 is 11.7 Å². The van der Waals surface area contributed by atoms with Crippen LogP contribution in [0.5, 0.6) is 0 Å². The van der Waals surface area contributed by atoms with Gasteiger partial charge in [0.2, 0.25) is 5.91 Å². The van der Waals surface area contributed by atoms with E-state index in [0.717, 1.165) is 18.9 Å². The number of amides is 1. The molecule has 2 heterocycles. The lowest BCUT2D eigenvalue weighted by Crippen LogP contribution is -2.32. The third kappa shape index (κ3) is 4.06. The van der Waals surface area contributed by atoms with Gasteiger partial charge >= 0.3 is 6.18 Å². The minimum Gasteiger partial charge on any atom is -0.360 e. The summed E-state index contributed by atoms with van der Waals surface area (Å²) >= 11 is 0. The number of nitrogens with one attached hydrogen (secondary N) is 1. The Bertz CT molecular complexity index is 852. The van der Waals surface area contributed by atoms with Gasteiger partial charge in [0.05, 0.1) is 12.2 Å². The van der Waals surface area contributed by atoms with E-state index in [1.165, 1.54) is 6.07 Å². The number of halogens is 3. The molecule has 1 saturated carbocycles. The maximum Gasteiger partial charge on any atom is 0.421 e. The average molecular weight is 356 g/mol. The van der Waals surface area contributed by atoms with Gasteiger partial charge in [-0.15, -0.1) is 0 Å². The van der Waals surface area contributed by atoms with Gasteiger partial charge in [-0.2, -0.15) is 18.3 Å². The lowest BCUT2D eigenvalue weighted by atomic mass is 10.2. The van der Waals surface area contributed by atoms with Gasteiger partial charge in [-0.1, -0.05) is 5.16 Å². The monoisotopic (exact) mass is 356 g/mol. The van der Waals surface area contributed by atoms with Crippen molar-refractivity contribution in [1.82, 2.24) is 14.9 Å². The summed E-state index contributed by atoms with van der Waals surface area (Å²) in [5.41, 5.74) is -2.27. The molecule has 3 rings (SSSR count). The summed E-state index contributed by atoms with van der Waals surface area (Å²) < 4.78 is 44.6. The number of hydrogen-bond donors (Lipinski definition) is 1. The van der Waals surface area contributed by atoms with E-state index in [1.807, 2.05) is 0 Å². The molecule has 1 aliphatic rings. The van der Waals surface area contributed by atoms with Crippen LogP contribution in [0.25, 0.3) is 0 Å². The van der Waals surface area contributed by atoms with Crippen LogP contribution in [0.15, 0.2) is 21.5 Å². The molecule has 25 heavy (non-hydrogen) atoms. The number of hydrogen-bond acceptors (Lipinski definition) is 5. The molecule has 0 bridgehead atoms. The molecule has 1 N–H and O–H groups in total. The van der Waals surface area contributed by atoms with Gasteiger partial charge in [0.15, 0.2) is 5.82 Å². The van der Waals surface area contributed by atoms with Gasteiger partial charge in [0.25, 0.3) is 5.56 Å². The zero-order valence-electron chi connectivity index (χ0n) is 13.3. The van der Waals surface area contributed by atoms with Crippen molar-refractivity contribution in [1.29, 1.82) is 0 Å². The zero-order valence-corrected chi connectivity index (χ0v) is 13.3. The summed E-state index contributed by atoms with van der Waals surface area (Å²) in [7, 11) is 0. The van der Waals surface area contributed by atoms with Crippen LogP contribution in [0.3, 0.4) is 0 Å². The van der Waals surface area contributed by atoms with Gasteiger partial charge in [-0.25, -0.2) is 4.68 Å². The largest absolute Gasteiger partial charge is 0.421 e. The lowest BCUT2D eigenvalue weighted by Gasteiger charge is -2.12. The number of rotatable bonds is 5. The van der Waals surface area contributed by atoms with Crippen LogP contribution in [-0.4, -0.2) is 20.8 Å². The Morgan fingerprint density at radius 2 is 2.12 bits per heavy atom. The number of carbonyl (C=O) groups excluding carboxylic acids is 1. The molecule has 0 aliphatic heterocycles. The van der Waals surface area contributed by atoms with Crippen molar-refractivity contribution < 1.29 is 22.5 Å². The summed E-state index contributed by atoms with van der Waals surface area (Å²) in [5, 5.41) is 10.00. The second-order valence-corrected chi connectivity index (χ2v) is 5.90. The topological polar surface area (TPSA) is 90.0 Å². The van der Waals surface area contributed by atoms with E-state index in [4.69, 9.17) is 4.52 Å². The number of anilines is 1.